The quantitative estimate of drug-likeness (QED) is 0.605. The Hall–Kier alpha value is -2.78. The molecule has 3 aromatic rings. The lowest BCUT2D eigenvalue weighted by Gasteiger charge is -2.25. The number of imidazole rings is 1. The molecule has 0 spiro atoms. The number of hydrogen-bond acceptors (Lipinski definition) is 5. The van der Waals surface area contributed by atoms with Crippen molar-refractivity contribution in [3.05, 3.63) is 52.4 Å². The van der Waals surface area contributed by atoms with Crippen molar-refractivity contribution in [3.8, 4) is 11.5 Å². The fourth-order valence-electron chi connectivity index (χ4n) is 3.26. The van der Waals surface area contributed by atoms with Crippen LogP contribution in [0.1, 0.15) is 25.5 Å². The van der Waals surface area contributed by atoms with Crippen LogP contribution in [0.15, 0.2) is 46.1 Å². The normalized spacial score (nSPS) is 15.1. The van der Waals surface area contributed by atoms with Crippen LogP contribution in [0.4, 0.5) is 0 Å². The zero-order chi connectivity index (χ0) is 19.9. The molecule has 2 aromatic carbocycles. The lowest BCUT2D eigenvalue weighted by molar-refractivity contribution is 0.171. The average molecular weight is 403 g/mol. The summed E-state index contributed by atoms with van der Waals surface area (Å²) >= 11 is 0. The Morgan fingerprint density at radius 3 is 2.43 bits per heavy atom. The lowest BCUT2D eigenvalue weighted by atomic mass is 9.97. The zero-order valence-corrected chi connectivity index (χ0v) is 16.3. The molecule has 1 aliphatic heterocycles. The van der Waals surface area contributed by atoms with Crippen molar-refractivity contribution in [1.29, 1.82) is 0 Å². The fraction of sp³-hybridized carbons (Fsp3) is 0.316. The second-order valence-electron chi connectivity index (χ2n) is 7.03. The van der Waals surface area contributed by atoms with Crippen molar-refractivity contribution >= 4 is 21.1 Å². The van der Waals surface area contributed by atoms with E-state index in [9.17, 15) is 13.2 Å². The summed E-state index contributed by atoms with van der Waals surface area (Å²) in [5, 5.41) is 0. The number of nitrogens with one attached hydrogen (secondary N) is 3. The van der Waals surface area contributed by atoms with Crippen LogP contribution >= 0.6 is 0 Å². The number of fused-ring (bicyclic) bond motifs is 2. The molecule has 2 heterocycles. The standard InChI is InChI=1S/C19H21N3O5S/c1-11(2)18(12-3-6-16-17(9-12)27-8-7-26-16)22-28(24,25)13-4-5-14-15(10-13)21-19(23)20-14/h3-6,9-11,18,22H,7-8H2,1-2H3,(H2,20,21,23)/t18-/m0/s1. The average Bonchev–Trinajstić information content (AvgIpc) is 3.04. The number of benzene rings is 2. The predicted molar refractivity (Wildman–Crippen MR) is 104 cm³/mol. The Labute approximate surface area is 161 Å². The summed E-state index contributed by atoms with van der Waals surface area (Å²) in [4.78, 5) is 16.7. The SMILES string of the molecule is CC(C)[C@H](NS(=O)(=O)c1ccc2[nH]c(=O)[nH]c2c1)c1ccc2c(c1)OCCO2. The van der Waals surface area contributed by atoms with Gasteiger partial charge in [-0.05, 0) is 41.8 Å². The summed E-state index contributed by atoms with van der Waals surface area (Å²) in [6.45, 7) is 4.84. The van der Waals surface area contributed by atoms with Gasteiger partial charge >= 0.3 is 5.69 Å². The Kier molecular flexibility index (Phi) is 4.64. The molecule has 148 valence electrons. The van der Waals surface area contributed by atoms with Gasteiger partial charge < -0.3 is 19.4 Å². The topological polar surface area (TPSA) is 113 Å². The van der Waals surface area contributed by atoms with Gasteiger partial charge in [0.05, 0.1) is 15.9 Å². The molecule has 3 N–H and O–H groups in total. The van der Waals surface area contributed by atoms with Crippen molar-refractivity contribution in [3.63, 3.8) is 0 Å². The van der Waals surface area contributed by atoms with Crippen LogP contribution in [0.5, 0.6) is 11.5 Å². The van der Waals surface area contributed by atoms with E-state index in [0.29, 0.717) is 35.7 Å². The number of H-pyrrole nitrogens is 2. The number of rotatable bonds is 5. The Morgan fingerprint density at radius 2 is 1.68 bits per heavy atom. The largest absolute Gasteiger partial charge is 0.486 e. The minimum Gasteiger partial charge on any atom is -0.486 e. The van der Waals surface area contributed by atoms with Gasteiger partial charge in [0.2, 0.25) is 10.0 Å². The molecule has 1 atom stereocenters. The van der Waals surface area contributed by atoms with E-state index in [0.717, 1.165) is 5.56 Å². The number of sulfonamides is 1. The van der Waals surface area contributed by atoms with Gasteiger partial charge in [0.25, 0.3) is 0 Å². The number of ether oxygens (including phenoxy) is 2. The summed E-state index contributed by atoms with van der Waals surface area (Å²) in [5.41, 5.74) is 1.40. The van der Waals surface area contributed by atoms with Crippen LogP contribution in [0.3, 0.4) is 0 Å². The van der Waals surface area contributed by atoms with E-state index < -0.39 is 16.1 Å². The second-order valence-corrected chi connectivity index (χ2v) is 8.75. The van der Waals surface area contributed by atoms with Crippen LogP contribution in [0.2, 0.25) is 0 Å². The number of aromatic amines is 2. The van der Waals surface area contributed by atoms with E-state index in [1.165, 1.54) is 12.1 Å². The first-order valence-corrected chi connectivity index (χ1v) is 10.5. The number of hydrogen-bond donors (Lipinski definition) is 3. The van der Waals surface area contributed by atoms with Crippen LogP contribution in [0, 0.1) is 5.92 Å². The summed E-state index contributed by atoms with van der Waals surface area (Å²) in [6, 6.07) is 9.47. The Balaban J connectivity index is 1.67. The third kappa shape index (κ3) is 3.50. The van der Waals surface area contributed by atoms with Gasteiger partial charge in [0.15, 0.2) is 11.5 Å². The van der Waals surface area contributed by atoms with E-state index in [-0.39, 0.29) is 16.5 Å². The smallest absolute Gasteiger partial charge is 0.323 e. The first kappa shape index (κ1) is 18.6. The van der Waals surface area contributed by atoms with Gasteiger partial charge in [-0.3, -0.25) is 0 Å². The summed E-state index contributed by atoms with van der Waals surface area (Å²) in [6.07, 6.45) is 0. The van der Waals surface area contributed by atoms with E-state index in [4.69, 9.17) is 9.47 Å². The molecule has 0 amide bonds. The molecule has 28 heavy (non-hydrogen) atoms. The van der Waals surface area contributed by atoms with Crippen LogP contribution in [0.25, 0.3) is 11.0 Å². The van der Waals surface area contributed by atoms with E-state index in [1.54, 1.807) is 12.1 Å². The van der Waals surface area contributed by atoms with Crippen molar-refractivity contribution in [2.45, 2.75) is 24.8 Å². The van der Waals surface area contributed by atoms with Gasteiger partial charge in [-0.2, -0.15) is 0 Å². The molecule has 4 rings (SSSR count). The zero-order valence-electron chi connectivity index (χ0n) is 15.5. The number of aromatic nitrogens is 2. The highest BCUT2D eigenvalue weighted by atomic mass is 32.2. The molecule has 9 heteroatoms. The first-order valence-electron chi connectivity index (χ1n) is 8.97. The minimum absolute atomic E-state index is 0.00636. The van der Waals surface area contributed by atoms with Gasteiger partial charge in [0.1, 0.15) is 13.2 Å². The van der Waals surface area contributed by atoms with Gasteiger partial charge in [0, 0.05) is 6.04 Å². The molecular weight excluding hydrogens is 382 g/mol. The fourth-order valence-corrected chi connectivity index (χ4v) is 4.66. The second kappa shape index (κ2) is 6.99. The van der Waals surface area contributed by atoms with Gasteiger partial charge in [-0.1, -0.05) is 19.9 Å². The minimum atomic E-state index is -3.81. The monoisotopic (exact) mass is 403 g/mol. The summed E-state index contributed by atoms with van der Waals surface area (Å²) in [7, 11) is -3.81. The molecule has 1 aliphatic rings. The van der Waals surface area contributed by atoms with E-state index in [1.807, 2.05) is 26.0 Å². The maximum atomic E-state index is 13.0. The Bertz CT molecular complexity index is 1180. The van der Waals surface area contributed by atoms with Crippen molar-refractivity contribution in [2.24, 2.45) is 5.92 Å². The van der Waals surface area contributed by atoms with Crippen molar-refractivity contribution in [1.82, 2.24) is 14.7 Å². The van der Waals surface area contributed by atoms with Crippen LogP contribution in [-0.2, 0) is 10.0 Å². The molecule has 0 fully saturated rings. The molecular formula is C19H21N3O5S. The van der Waals surface area contributed by atoms with Crippen molar-refractivity contribution in [2.75, 3.05) is 13.2 Å². The van der Waals surface area contributed by atoms with Crippen LogP contribution in [-0.4, -0.2) is 31.6 Å². The van der Waals surface area contributed by atoms with Gasteiger partial charge in [-0.15, -0.1) is 0 Å². The van der Waals surface area contributed by atoms with Gasteiger partial charge in [-0.25, -0.2) is 17.9 Å². The summed E-state index contributed by atoms with van der Waals surface area (Å²) < 4.78 is 39.9. The molecule has 8 nitrogen and oxygen atoms in total. The highest BCUT2D eigenvalue weighted by molar-refractivity contribution is 7.89. The summed E-state index contributed by atoms with van der Waals surface area (Å²) in [5.74, 6) is 1.26. The predicted octanol–water partition coefficient (Wildman–Crippen LogP) is 2.30. The van der Waals surface area contributed by atoms with E-state index >= 15 is 0 Å². The van der Waals surface area contributed by atoms with E-state index in [2.05, 4.69) is 14.7 Å². The maximum absolute atomic E-state index is 13.0. The molecule has 0 aliphatic carbocycles. The highest BCUT2D eigenvalue weighted by Crippen LogP contribution is 2.35. The van der Waals surface area contributed by atoms with Crippen molar-refractivity contribution < 1.29 is 17.9 Å². The molecule has 0 saturated carbocycles. The lowest BCUT2D eigenvalue weighted by Crippen LogP contribution is -2.32. The third-order valence-corrected chi connectivity index (χ3v) is 6.11. The molecule has 0 unspecified atom stereocenters. The first-order chi connectivity index (χ1) is 13.3. The molecule has 1 aromatic heterocycles. The van der Waals surface area contributed by atoms with Crippen LogP contribution < -0.4 is 19.9 Å². The maximum Gasteiger partial charge on any atom is 0.323 e. The molecule has 0 radical (unpaired) electrons. The highest BCUT2D eigenvalue weighted by Gasteiger charge is 2.26. The third-order valence-electron chi connectivity index (χ3n) is 4.67. The Morgan fingerprint density at radius 1 is 0.964 bits per heavy atom. The molecule has 0 bridgehead atoms. The molecule has 0 saturated heterocycles.